The number of carbonyl (C=O) groups is 1. The van der Waals surface area contributed by atoms with Gasteiger partial charge in [0.1, 0.15) is 0 Å². The highest BCUT2D eigenvalue weighted by atomic mass is 16.5. The van der Waals surface area contributed by atoms with Gasteiger partial charge in [0.2, 0.25) is 5.91 Å². The lowest BCUT2D eigenvalue weighted by Crippen LogP contribution is -2.21. The monoisotopic (exact) mass is 261 g/mol. The first-order valence-corrected chi connectivity index (χ1v) is 6.17. The van der Waals surface area contributed by atoms with E-state index in [1.54, 1.807) is 30.4 Å². The molecule has 0 aromatic heterocycles. The molecular weight excluding hydrogens is 242 g/mol. The molecule has 0 atom stereocenters. The number of methoxy groups -OCH3 is 1. The number of phenols is 1. The third-order valence-corrected chi connectivity index (χ3v) is 2.40. The largest absolute Gasteiger partial charge is 0.504 e. The van der Waals surface area contributed by atoms with Crippen LogP contribution in [-0.2, 0) is 4.79 Å². The molecule has 102 valence electrons. The summed E-state index contributed by atoms with van der Waals surface area (Å²) in [6.07, 6.45) is 7.65. The van der Waals surface area contributed by atoms with Gasteiger partial charge in [-0.05, 0) is 24.1 Å². The van der Waals surface area contributed by atoms with Crippen LogP contribution in [0.4, 0.5) is 0 Å². The van der Waals surface area contributed by atoms with Crippen molar-refractivity contribution in [3.8, 4) is 11.5 Å². The molecule has 1 aromatic rings. The van der Waals surface area contributed by atoms with E-state index in [1.807, 2.05) is 13.0 Å². The van der Waals surface area contributed by atoms with Crippen LogP contribution >= 0.6 is 0 Å². The number of allylic oxidation sites excluding steroid dienone is 2. The van der Waals surface area contributed by atoms with Gasteiger partial charge in [0.25, 0.3) is 0 Å². The first-order valence-electron chi connectivity index (χ1n) is 6.17. The van der Waals surface area contributed by atoms with Gasteiger partial charge in [0.05, 0.1) is 7.11 Å². The van der Waals surface area contributed by atoms with Crippen LogP contribution in [0.3, 0.4) is 0 Å². The first kappa shape index (κ1) is 14.8. The zero-order chi connectivity index (χ0) is 14.1. The van der Waals surface area contributed by atoms with Gasteiger partial charge in [0.15, 0.2) is 11.5 Å². The van der Waals surface area contributed by atoms with Crippen LogP contribution in [0.5, 0.6) is 11.5 Å². The van der Waals surface area contributed by atoms with Gasteiger partial charge in [0, 0.05) is 12.6 Å². The molecule has 0 spiro atoms. The number of rotatable bonds is 6. The van der Waals surface area contributed by atoms with Crippen LogP contribution in [0.15, 0.2) is 36.4 Å². The van der Waals surface area contributed by atoms with Crippen LogP contribution in [0.1, 0.15) is 18.9 Å². The van der Waals surface area contributed by atoms with Gasteiger partial charge in [-0.3, -0.25) is 4.79 Å². The van der Waals surface area contributed by atoms with Gasteiger partial charge < -0.3 is 15.2 Å². The summed E-state index contributed by atoms with van der Waals surface area (Å²) in [7, 11) is 1.50. The Morgan fingerprint density at radius 2 is 2.21 bits per heavy atom. The molecule has 0 aliphatic carbocycles. The van der Waals surface area contributed by atoms with Crippen LogP contribution in [0.25, 0.3) is 6.08 Å². The van der Waals surface area contributed by atoms with Crippen LogP contribution < -0.4 is 10.1 Å². The number of phenolic OH excluding ortho intramolecular Hbond substituents is 1. The maximum atomic E-state index is 11.3. The Bertz CT molecular complexity index is 478. The average molecular weight is 261 g/mol. The second-order valence-corrected chi connectivity index (χ2v) is 3.94. The number of aromatic hydroxyl groups is 1. The predicted octanol–water partition coefficient (Wildman–Crippen LogP) is 2.50. The van der Waals surface area contributed by atoms with Gasteiger partial charge >= 0.3 is 0 Å². The fourth-order valence-electron chi connectivity index (χ4n) is 1.41. The Hall–Kier alpha value is -2.23. The number of nitrogens with one attached hydrogen (secondary N) is 1. The van der Waals surface area contributed by atoms with Crippen molar-refractivity contribution in [2.45, 2.75) is 13.3 Å². The quantitative estimate of drug-likeness (QED) is 0.611. The Balaban J connectivity index is 2.57. The number of benzene rings is 1. The molecular formula is C15H19NO3. The Labute approximate surface area is 113 Å². The van der Waals surface area contributed by atoms with E-state index < -0.39 is 0 Å². The fraction of sp³-hybridized carbons (Fsp3) is 0.267. The van der Waals surface area contributed by atoms with E-state index in [0.29, 0.717) is 12.3 Å². The molecule has 1 aromatic carbocycles. The third-order valence-electron chi connectivity index (χ3n) is 2.40. The molecule has 0 saturated heterocycles. The molecule has 0 bridgehead atoms. The highest BCUT2D eigenvalue weighted by molar-refractivity contribution is 5.87. The van der Waals surface area contributed by atoms with Gasteiger partial charge in [-0.25, -0.2) is 0 Å². The summed E-state index contributed by atoms with van der Waals surface area (Å²) in [5.41, 5.74) is 0.883. The summed E-state index contributed by atoms with van der Waals surface area (Å²) in [5.74, 6) is 0.427. The molecule has 0 heterocycles. The standard InChI is InChI=1S/C15H19NO3/c1-3-10-16-15(18)7-5-4-6-12-8-9-13(17)14(11-12)19-2/h4-9,11,17H,3,10H2,1-2H3,(H,16,18). The molecule has 19 heavy (non-hydrogen) atoms. The van der Waals surface area contributed by atoms with E-state index in [-0.39, 0.29) is 11.7 Å². The lowest BCUT2D eigenvalue weighted by Gasteiger charge is -2.03. The summed E-state index contributed by atoms with van der Waals surface area (Å²) < 4.78 is 5.01. The summed E-state index contributed by atoms with van der Waals surface area (Å²) in [4.78, 5) is 11.3. The highest BCUT2D eigenvalue weighted by Gasteiger charge is 1.99. The number of carbonyl (C=O) groups excluding carboxylic acids is 1. The molecule has 4 heteroatoms. The third kappa shape index (κ3) is 5.29. The number of hydrogen-bond donors (Lipinski definition) is 2. The van der Waals surface area contributed by atoms with Crippen molar-refractivity contribution in [2.24, 2.45) is 0 Å². The molecule has 2 N–H and O–H groups in total. The Morgan fingerprint density at radius 1 is 1.42 bits per heavy atom. The van der Waals surface area contributed by atoms with Crippen LogP contribution in [0, 0.1) is 0 Å². The van der Waals surface area contributed by atoms with Gasteiger partial charge in [-0.1, -0.05) is 31.2 Å². The van der Waals surface area contributed by atoms with Gasteiger partial charge in [-0.15, -0.1) is 0 Å². The second kappa shape index (κ2) is 7.97. The molecule has 4 nitrogen and oxygen atoms in total. The number of hydrogen-bond acceptors (Lipinski definition) is 3. The van der Waals surface area contributed by atoms with Crippen molar-refractivity contribution in [3.63, 3.8) is 0 Å². The van der Waals surface area contributed by atoms with Crippen molar-refractivity contribution >= 4 is 12.0 Å². The minimum atomic E-state index is -0.102. The molecule has 1 amide bonds. The highest BCUT2D eigenvalue weighted by Crippen LogP contribution is 2.26. The maximum Gasteiger partial charge on any atom is 0.243 e. The Morgan fingerprint density at radius 3 is 2.89 bits per heavy atom. The molecule has 0 fully saturated rings. The second-order valence-electron chi connectivity index (χ2n) is 3.94. The Kier molecular flexibility index (Phi) is 6.22. The summed E-state index contributed by atoms with van der Waals surface area (Å²) in [6.45, 7) is 2.68. The zero-order valence-electron chi connectivity index (χ0n) is 11.2. The van der Waals surface area contributed by atoms with E-state index in [9.17, 15) is 9.90 Å². The molecule has 0 aliphatic heterocycles. The normalized spacial score (nSPS) is 11.1. The van der Waals surface area contributed by atoms with Gasteiger partial charge in [-0.2, -0.15) is 0 Å². The minimum absolute atomic E-state index is 0.102. The van der Waals surface area contributed by atoms with Crippen LogP contribution in [0.2, 0.25) is 0 Å². The number of amides is 1. The topological polar surface area (TPSA) is 58.6 Å². The van der Waals surface area contributed by atoms with E-state index >= 15 is 0 Å². The number of ether oxygens (including phenoxy) is 1. The average Bonchev–Trinajstić information content (AvgIpc) is 2.42. The fourth-order valence-corrected chi connectivity index (χ4v) is 1.41. The minimum Gasteiger partial charge on any atom is -0.504 e. The molecule has 0 aliphatic rings. The van der Waals surface area contributed by atoms with Crippen molar-refractivity contribution in [2.75, 3.05) is 13.7 Å². The molecule has 0 unspecified atom stereocenters. The summed E-state index contributed by atoms with van der Waals surface area (Å²) >= 11 is 0. The van der Waals surface area contributed by atoms with E-state index in [0.717, 1.165) is 12.0 Å². The maximum absolute atomic E-state index is 11.3. The van der Waals surface area contributed by atoms with Crippen LogP contribution in [-0.4, -0.2) is 24.7 Å². The van der Waals surface area contributed by atoms with E-state index in [1.165, 1.54) is 13.2 Å². The first-order chi connectivity index (χ1) is 9.17. The lowest BCUT2D eigenvalue weighted by molar-refractivity contribution is -0.116. The molecule has 1 rings (SSSR count). The molecule has 0 saturated carbocycles. The van der Waals surface area contributed by atoms with Crippen molar-refractivity contribution in [3.05, 3.63) is 42.0 Å². The summed E-state index contributed by atoms with van der Waals surface area (Å²) in [5, 5.41) is 12.2. The van der Waals surface area contributed by atoms with Crippen molar-refractivity contribution in [1.29, 1.82) is 0 Å². The van der Waals surface area contributed by atoms with Crippen molar-refractivity contribution in [1.82, 2.24) is 5.32 Å². The summed E-state index contributed by atoms with van der Waals surface area (Å²) in [6, 6.07) is 5.05. The zero-order valence-corrected chi connectivity index (χ0v) is 11.2. The lowest BCUT2D eigenvalue weighted by atomic mass is 10.2. The van der Waals surface area contributed by atoms with E-state index in [2.05, 4.69) is 5.32 Å². The SMILES string of the molecule is CCCNC(=O)C=CC=Cc1ccc(O)c(OC)c1. The van der Waals surface area contributed by atoms with Crippen molar-refractivity contribution < 1.29 is 14.6 Å². The smallest absolute Gasteiger partial charge is 0.243 e. The predicted molar refractivity (Wildman–Crippen MR) is 76.1 cm³/mol. The van der Waals surface area contributed by atoms with E-state index in [4.69, 9.17) is 4.74 Å². The molecule has 0 radical (unpaired) electrons.